The molecule has 0 atom stereocenters. The lowest BCUT2D eigenvalue weighted by Gasteiger charge is -2.06. The van der Waals surface area contributed by atoms with Crippen molar-refractivity contribution in [1.82, 2.24) is 4.98 Å². The zero-order chi connectivity index (χ0) is 13.1. The molecule has 0 aliphatic carbocycles. The van der Waals surface area contributed by atoms with Gasteiger partial charge in [0.05, 0.1) is 0 Å². The second-order valence-electron chi connectivity index (χ2n) is 3.35. The van der Waals surface area contributed by atoms with Crippen LogP contribution in [0.25, 0.3) is 0 Å². The highest BCUT2D eigenvalue weighted by Crippen LogP contribution is 2.28. The highest BCUT2D eigenvalue weighted by atomic mass is 79.9. The van der Waals surface area contributed by atoms with E-state index in [0.717, 1.165) is 6.07 Å². The van der Waals surface area contributed by atoms with E-state index in [-0.39, 0.29) is 11.6 Å². The highest BCUT2D eigenvalue weighted by molar-refractivity contribution is 9.10. The fraction of sp³-hybridized carbons (Fsp3) is 0. The van der Waals surface area contributed by atoms with Crippen molar-refractivity contribution in [1.29, 1.82) is 0 Å². The first-order valence-corrected chi connectivity index (χ1v) is 5.63. The number of halogens is 3. The van der Waals surface area contributed by atoms with E-state index >= 15 is 0 Å². The topological polar surface area (TPSA) is 39.2 Å². The molecule has 0 saturated heterocycles. The summed E-state index contributed by atoms with van der Waals surface area (Å²) >= 11 is 3.03. The smallest absolute Gasteiger partial charge is 0.219 e. The molecular weight excluding hydrogens is 308 g/mol. The van der Waals surface area contributed by atoms with Crippen molar-refractivity contribution in [3.05, 3.63) is 52.1 Å². The molecule has 18 heavy (non-hydrogen) atoms. The second-order valence-corrected chi connectivity index (χ2v) is 4.27. The monoisotopic (exact) mass is 313 g/mol. The van der Waals surface area contributed by atoms with Gasteiger partial charge in [-0.2, -0.15) is 4.39 Å². The Morgan fingerprint density at radius 3 is 2.67 bits per heavy atom. The zero-order valence-electron chi connectivity index (χ0n) is 8.86. The fourth-order valence-electron chi connectivity index (χ4n) is 1.24. The summed E-state index contributed by atoms with van der Waals surface area (Å²) in [5.74, 6) is -2.34. The number of hydrogen-bond acceptors (Lipinski definition) is 3. The number of aromatic nitrogens is 1. The van der Waals surface area contributed by atoms with Crippen LogP contribution < -0.4 is 4.74 Å². The third-order valence-corrected chi connectivity index (χ3v) is 2.53. The number of carbonyl (C=O) groups excluding carboxylic acids is 1. The van der Waals surface area contributed by atoms with Gasteiger partial charge in [-0.15, -0.1) is 0 Å². The summed E-state index contributed by atoms with van der Waals surface area (Å²) in [7, 11) is 0. The number of carbonyl (C=O) groups is 1. The Morgan fingerprint density at radius 1 is 1.28 bits per heavy atom. The van der Waals surface area contributed by atoms with E-state index in [1.807, 2.05) is 0 Å². The van der Waals surface area contributed by atoms with Crippen LogP contribution in [-0.4, -0.2) is 11.3 Å². The number of benzene rings is 1. The summed E-state index contributed by atoms with van der Waals surface area (Å²) < 4.78 is 32.0. The molecule has 0 fully saturated rings. The molecule has 3 nitrogen and oxygen atoms in total. The predicted octanol–water partition coefficient (Wildman–Crippen LogP) is 3.73. The molecule has 1 heterocycles. The molecule has 0 spiro atoms. The van der Waals surface area contributed by atoms with Gasteiger partial charge >= 0.3 is 0 Å². The molecule has 0 aliphatic heterocycles. The van der Waals surface area contributed by atoms with Crippen molar-refractivity contribution in [2.75, 3.05) is 0 Å². The first kappa shape index (κ1) is 12.6. The Balaban J connectivity index is 2.30. The van der Waals surface area contributed by atoms with Crippen molar-refractivity contribution >= 4 is 22.2 Å². The minimum atomic E-state index is -1.10. The van der Waals surface area contributed by atoms with Gasteiger partial charge in [-0.05, 0) is 18.2 Å². The zero-order valence-corrected chi connectivity index (χ0v) is 10.4. The van der Waals surface area contributed by atoms with Gasteiger partial charge in [-0.1, -0.05) is 15.9 Å². The van der Waals surface area contributed by atoms with Crippen LogP contribution in [0.4, 0.5) is 8.78 Å². The average molecular weight is 314 g/mol. The van der Waals surface area contributed by atoms with E-state index in [4.69, 9.17) is 4.74 Å². The van der Waals surface area contributed by atoms with Crippen LogP contribution in [0.3, 0.4) is 0 Å². The standard InChI is InChI=1S/C12H6BrF2NO2/c13-8-3-9(14)12(15)10(4-8)18-11-2-1-7(6-17)5-16-11/h1-6H. The molecule has 0 N–H and O–H groups in total. The molecule has 2 aromatic rings. The van der Waals surface area contributed by atoms with Crippen molar-refractivity contribution in [2.45, 2.75) is 0 Å². The molecule has 0 bridgehead atoms. The van der Waals surface area contributed by atoms with Gasteiger partial charge in [0.1, 0.15) is 0 Å². The van der Waals surface area contributed by atoms with E-state index in [0.29, 0.717) is 16.3 Å². The summed E-state index contributed by atoms with van der Waals surface area (Å²) in [4.78, 5) is 14.2. The third-order valence-electron chi connectivity index (χ3n) is 2.07. The van der Waals surface area contributed by atoms with Gasteiger partial charge in [0.25, 0.3) is 0 Å². The van der Waals surface area contributed by atoms with Gasteiger partial charge < -0.3 is 4.74 Å². The SMILES string of the molecule is O=Cc1ccc(Oc2cc(Br)cc(F)c2F)nc1. The Kier molecular flexibility index (Phi) is 3.66. The number of rotatable bonds is 3. The molecule has 0 radical (unpaired) electrons. The summed E-state index contributed by atoms with van der Waals surface area (Å²) in [6.45, 7) is 0. The number of nitrogens with zero attached hydrogens (tertiary/aromatic N) is 1. The maximum atomic E-state index is 13.4. The van der Waals surface area contributed by atoms with Crippen LogP contribution in [0.2, 0.25) is 0 Å². The van der Waals surface area contributed by atoms with Crippen molar-refractivity contribution in [3.8, 4) is 11.6 Å². The molecule has 1 aromatic carbocycles. The molecule has 1 aromatic heterocycles. The van der Waals surface area contributed by atoms with E-state index in [1.54, 1.807) is 0 Å². The lowest BCUT2D eigenvalue weighted by Crippen LogP contribution is -1.94. The summed E-state index contributed by atoms with van der Waals surface area (Å²) in [5, 5.41) is 0. The van der Waals surface area contributed by atoms with Crippen LogP contribution in [0.15, 0.2) is 34.9 Å². The second kappa shape index (κ2) is 5.22. The highest BCUT2D eigenvalue weighted by Gasteiger charge is 2.12. The normalized spacial score (nSPS) is 10.2. The quantitative estimate of drug-likeness (QED) is 0.640. The first-order valence-electron chi connectivity index (χ1n) is 4.84. The lowest BCUT2D eigenvalue weighted by molar-refractivity contribution is 0.112. The first-order chi connectivity index (χ1) is 8.60. The maximum absolute atomic E-state index is 13.4. The third kappa shape index (κ3) is 2.70. The number of pyridine rings is 1. The van der Waals surface area contributed by atoms with Gasteiger partial charge in [0.2, 0.25) is 11.7 Å². The molecule has 0 unspecified atom stereocenters. The van der Waals surface area contributed by atoms with E-state index in [9.17, 15) is 13.6 Å². The molecule has 0 aliphatic rings. The number of ether oxygens (including phenoxy) is 1. The minimum absolute atomic E-state index is 0.0667. The molecule has 92 valence electrons. The largest absolute Gasteiger partial charge is 0.436 e. The Morgan fingerprint density at radius 2 is 2.06 bits per heavy atom. The maximum Gasteiger partial charge on any atom is 0.219 e. The van der Waals surface area contributed by atoms with Gasteiger partial charge in [-0.3, -0.25) is 4.79 Å². The molecular formula is C12H6BrF2NO2. The van der Waals surface area contributed by atoms with E-state index in [1.165, 1.54) is 24.4 Å². The minimum Gasteiger partial charge on any atom is -0.436 e. The van der Waals surface area contributed by atoms with E-state index in [2.05, 4.69) is 20.9 Å². The Hall–Kier alpha value is -1.82. The molecule has 0 amide bonds. The fourth-order valence-corrected chi connectivity index (χ4v) is 1.65. The van der Waals surface area contributed by atoms with Crippen LogP contribution in [0.5, 0.6) is 11.6 Å². The van der Waals surface area contributed by atoms with E-state index < -0.39 is 11.6 Å². The van der Waals surface area contributed by atoms with Crippen LogP contribution in [0.1, 0.15) is 10.4 Å². The van der Waals surface area contributed by atoms with Crippen molar-refractivity contribution in [2.24, 2.45) is 0 Å². The van der Waals surface area contributed by atoms with Crippen molar-refractivity contribution < 1.29 is 18.3 Å². The Labute approximate surface area is 110 Å². The average Bonchev–Trinajstić information content (AvgIpc) is 2.36. The Bertz CT molecular complexity index is 587. The molecule has 2 rings (SSSR count). The van der Waals surface area contributed by atoms with Crippen LogP contribution in [0, 0.1) is 11.6 Å². The number of hydrogen-bond donors (Lipinski definition) is 0. The van der Waals surface area contributed by atoms with Crippen LogP contribution >= 0.6 is 15.9 Å². The number of aldehydes is 1. The van der Waals surface area contributed by atoms with Gasteiger partial charge in [-0.25, -0.2) is 9.37 Å². The van der Waals surface area contributed by atoms with Gasteiger partial charge in [0.15, 0.2) is 17.9 Å². The molecule has 0 saturated carbocycles. The van der Waals surface area contributed by atoms with Crippen molar-refractivity contribution in [3.63, 3.8) is 0 Å². The van der Waals surface area contributed by atoms with Crippen LogP contribution in [-0.2, 0) is 0 Å². The molecule has 6 heteroatoms. The summed E-state index contributed by atoms with van der Waals surface area (Å²) in [5.41, 5.74) is 0.364. The predicted molar refractivity (Wildman–Crippen MR) is 63.8 cm³/mol. The van der Waals surface area contributed by atoms with Gasteiger partial charge in [0, 0.05) is 22.3 Å². The lowest BCUT2D eigenvalue weighted by atomic mass is 10.3. The summed E-state index contributed by atoms with van der Waals surface area (Å²) in [6, 6.07) is 5.13. The summed E-state index contributed by atoms with van der Waals surface area (Å²) in [6.07, 6.45) is 1.89.